The highest BCUT2D eigenvalue weighted by atomic mass is 79.9. The minimum Gasteiger partial charge on any atom is -0.344 e. The first-order valence-electron chi connectivity index (χ1n) is 6.54. The second-order valence-electron chi connectivity index (χ2n) is 5.00. The summed E-state index contributed by atoms with van der Waals surface area (Å²) in [5.74, 6) is -0.153. The van der Waals surface area contributed by atoms with Crippen LogP contribution in [-0.2, 0) is 6.42 Å². The molecule has 5 heteroatoms. The maximum absolute atomic E-state index is 12.4. The Morgan fingerprint density at radius 1 is 1.14 bits per heavy atom. The molecule has 21 heavy (non-hydrogen) atoms. The van der Waals surface area contributed by atoms with Crippen LogP contribution in [0.15, 0.2) is 42.5 Å². The van der Waals surface area contributed by atoms with E-state index >= 15 is 0 Å². The summed E-state index contributed by atoms with van der Waals surface area (Å²) >= 11 is 15.5. The molecule has 0 saturated heterocycles. The number of benzene rings is 2. The third-order valence-corrected chi connectivity index (χ3v) is 5.23. The normalized spacial score (nSPS) is 20.1. The second kappa shape index (κ2) is 5.99. The fourth-order valence-corrected chi connectivity index (χ4v) is 3.64. The van der Waals surface area contributed by atoms with Gasteiger partial charge in [0.25, 0.3) is 5.91 Å². The van der Waals surface area contributed by atoms with E-state index in [1.165, 1.54) is 5.56 Å². The number of amides is 1. The molecule has 0 spiro atoms. The highest BCUT2D eigenvalue weighted by Gasteiger charge is 2.31. The predicted octanol–water partition coefficient (Wildman–Crippen LogP) is 4.78. The Morgan fingerprint density at radius 3 is 2.67 bits per heavy atom. The van der Waals surface area contributed by atoms with Crippen molar-refractivity contribution in [3.63, 3.8) is 0 Å². The molecule has 0 heterocycles. The van der Waals surface area contributed by atoms with Crippen molar-refractivity contribution in [2.24, 2.45) is 0 Å². The van der Waals surface area contributed by atoms with Crippen LogP contribution in [0.5, 0.6) is 0 Å². The molecule has 2 aromatic carbocycles. The Balaban J connectivity index is 1.83. The lowest BCUT2D eigenvalue weighted by molar-refractivity contribution is 0.0938. The van der Waals surface area contributed by atoms with Crippen molar-refractivity contribution in [3.05, 3.63) is 69.2 Å². The first-order valence-corrected chi connectivity index (χ1v) is 8.21. The molecule has 1 amide bonds. The van der Waals surface area contributed by atoms with Gasteiger partial charge in [-0.05, 0) is 35.7 Å². The molecule has 0 radical (unpaired) electrons. The second-order valence-corrected chi connectivity index (χ2v) is 6.99. The maximum Gasteiger partial charge on any atom is 0.251 e. The highest BCUT2D eigenvalue weighted by molar-refractivity contribution is 9.09. The summed E-state index contributed by atoms with van der Waals surface area (Å²) in [6.45, 7) is 0. The van der Waals surface area contributed by atoms with Crippen LogP contribution in [0.3, 0.4) is 0 Å². The zero-order chi connectivity index (χ0) is 15.0. The molecular formula is C16H12BrCl2NO. The number of hydrogen-bond acceptors (Lipinski definition) is 1. The molecule has 3 rings (SSSR count). The molecule has 108 valence electrons. The number of hydrogen-bond donors (Lipinski definition) is 1. The average Bonchev–Trinajstić information content (AvgIpc) is 2.78. The summed E-state index contributed by atoms with van der Waals surface area (Å²) < 4.78 is 0. The molecule has 0 aliphatic heterocycles. The lowest BCUT2D eigenvalue weighted by atomic mass is 10.1. The summed E-state index contributed by atoms with van der Waals surface area (Å²) in [6.07, 6.45) is 0.905. The van der Waals surface area contributed by atoms with Gasteiger partial charge in [-0.25, -0.2) is 0 Å². The minimum atomic E-state index is -0.153. The van der Waals surface area contributed by atoms with Gasteiger partial charge in [0.1, 0.15) is 0 Å². The van der Waals surface area contributed by atoms with Gasteiger partial charge in [0.15, 0.2) is 0 Å². The average molecular weight is 385 g/mol. The monoisotopic (exact) mass is 383 g/mol. The Hall–Kier alpha value is -1.03. The largest absolute Gasteiger partial charge is 0.344 e. The zero-order valence-electron chi connectivity index (χ0n) is 10.9. The number of fused-ring (bicyclic) bond motifs is 1. The van der Waals surface area contributed by atoms with Gasteiger partial charge < -0.3 is 5.32 Å². The van der Waals surface area contributed by atoms with Crippen LogP contribution in [0.1, 0.15) is 27.5 Å². The number of alkyl halides is 1. The molecule has 0 bridgehead atoms. The maximum atomic E-state index is 12.4. The Morgan fingerprint density at radius 2 is 1.90 bits per heavy atom. The van der Waals surface area contributed by atoms with Crippen molar-refractivity contribution in [3.8, 4) is 0 Å². The quantitative estimate of drug-likeness (QED) is 0.741. The summed E-state index contributed by atoms with van der Waals surface area (Å²) in [5.41, 5.74) is 2.93. The standard InChI is InChI=1S/C16H12BrCl2NO/c17-12-7-9-3-1-2-4-11(9)15(12)20-16(21)10-5-6-13(18)14(19)8-10/h1-6,8,12,15H,7H2,(H,20,21). The lowest BCUT2D eigenvalue weighted by Crippen LogP contribution is -2.31. The lowest BCUT2D eigenvalue weighted by Gasteiger charge is -2.18. The van der Waals surface area contributed by atoms with Crippen LogP contribution in [0.2, 0.25) is 10.0 Å². The van der Waals surface area contributed by atoms with Gasteiger partial charge in [-0.1, -0.05) is 63.4 Å². The van der Waals surface area contributed by atoms with Crippen LogP contribution in [0.25, 0.3) is 0 Å². The number of carbonyl (C=O) groups excluding carboxylic acids is 1. The zero-order valence-corrected chi connectivity index (χ0v) is 14.0. The van der Waals surface area contributed by atoms with Crippen molar-refractivity contribution in [2.75, 3.05) is 0 Å². The van der Waals surface area contributed by atoms with Crippen molar-refractivity contribution in [1.82, 2.24) is 5.32 Å². The molecular weight excluding hydrogens is 373 g/mol. The molecule has 0 fully saturated rings. The SMILES string of the molecule is O=C(NC1c2ccccc2CC1Br)c1ccc(Cl)c(Cl)c1. The predicted molar refractivity (Wildman–Crippen MR) is 89.5 cm³/mol. The van der Waals surface area contributed by atoms with Gasteiger partial charge >= 0.3 is 0 Å². The fraction of sp³-hybridized carbons (Fsp3) is 0.188. The minimum absolute atomic E-state index is 0.0387. The first-order chi connectivity index (χ1) is 10.1. The van der Waals surface area contributed by atoms with Crippen LogP contribution in [0, 0.1) is 0 Å². The van der Waals surface area contributed by atoms with E-state index in [4.69, 9.17) is 23.2 Å². The molecule has 2 unspecified atom stereocenters. The van der Waals surface area contributed by atoms with E-state index in [1.807, 2.05) is 12.1 Å². The number of halogens is 3. The van der Waals surface area contributed by atoms with E-state index < -0.39 is 0 Å². The van der Waals surface area contributed by atoms with Crippen molar-refractivity contribution in [1.29, 1.82) is 0 Å². The van der Waals surface area contributed by atoms with E-state index in [2.05, 4.69) is 33.4 Å². The molecule has 1 aliphatic carbocycles. The van der Waals surface area contributed by atoms with Crippen LogP contribution >= 0.6 is 39.1 Å². The number of carbonyl (C=O) groups is 1. The van der Waals surface area contributed by atoms with Gasteiger partial charge in [0.2, 0.25) is 0 Å². The third-order valence-electron chi connectivity index (χ3n) is 3.64. The fourth-order valence-electron chi connectivity index (χ4n) is 2.58. The van der Waals surface area contributed by atoms with Gasteiger partial charge in [-0.3, -0.25) is 4.79 Å². The number of rotatable bonds is 2. The molecule has 2 aromatic rings. The van der Waals surface area contributed by atoms with E-state index in [1.54, 1.807) is 18.2 Å². The molecule has 2 atom stereocenters. The van der Waals surface area contributed by atoms with E-state index in [0.717, 1.165) is 12.0 Å². The van der Waals surface area contributed by atoms with E-state index in [9.17, 15) is 4.79 Å². The van der Waals surface area contributed by atoms with E-state index in [0.29, 0.717) is 15.6 Å². The molecule has 2 nitrogen and oxygen atoms in total. The summed E-state index contributed by atoms with van der Waals surface area (Å²) in [5, 5.41) is 3.88. The van der Waals surface area contributed by atoms with Gasteiger partial charge in [-0.2, -0.15) is 0 Å². The number of nitrogens with one attached hydrogen (secondary N) is 1. The smallest absolute Gasteiger partial charge is 0.251 e. The van der Waals surface area contributed by atoms with Crippen molar-refractivity contribution < 1.29 is 4.79 Å². The first kappa shape index (κ1) is 14.9. The molecule has 1 aliphatic rings. The Kier molecular flexibility index (Phi) is 4.25. The van der Waals surface area contributed by atoms with Gasteiger partial charge in [-0.15, -0.1) is 0 Å². The van der Waals surface area contributed by atoms with E-state index in [-0.39, 0.29) is 16.8 Å². The third kappa shape index (κ3) is 2.96. The van der Waals surface area contributed by atoms with Crippen molar-refractivity contribution >= 4 is 45.0 Å². The molecule has 1 N–H and O–H groups in total. The molecule has 0 aromatic heterocycles. The summed E-state index contributed by atoms with van der Waals surface area (Å²) in [6, 6.07) is 13.0. The molecule has 0 saturated carbocycles. The van der Waals surface area contributed by atoms with Crippen LogP contribution in [-0.4, -0.2) is 10.7 Å². The Bertz CT molecular complexity index is 704. The Labute approximate surface area is 141 Å². The summed E-state index contributed by atoms with van der Waals surface area (Å²) in [7, 11) is 0. The van der Waals surface area contributed by atoms with Gasteiger partial charge in [0.05, 0.1) is 16.1 Å². The van der Waals surface area contributed by atoms with Crippen molar-refractivity contribution in [2.45, 2.75) is 17.3 Å². The van der Waals surface area contributed by atoms with Crippen LogP contribution < -0.4 is 5.32 Å². The topological polar surface area (TPSA) is 29.1 Å². The van der Waals surface area contributed by atoms with Gasteiger partial charge in [0, 0.05) is 10.4 Å². The highest BCUT2D eigenvalue weighted by Crippen LogP contribution is 2.36. The summed E-state index contributed by atoms with van der Waals surface area (Å²) in [4.78, 5) is 12.6. The van der Waals surface area contributed by atoms with Crippen LogP contribution in [0.4, 0.5) is 0 Å².